The molecule has 0 amide bonds. The van der Waals surface area contributed by atoms with Crippen LogP contribution in [-0.4, -0.2) is 65.2 Å². The van der Waals surface area contributed by atoms with E-state index in [2.05, 4.69) is 19.8 Å². The molecule has 12 nitrogen and oxygen atoms in total. The zero-order valence-electron chi connectivity index (χ0n) is 19.1. The number of ether oxygens (including phenoxy) is 1. The van der Waals surface area contributed by atoms with Gasteiger partial charge in [-0.15, -0.1) is 0 Å². The van der Waals surface area contributed by atoms with Crippen LogP contribution in [0.1, 0.15) is 24.8 Å². The van der Waals surface area contributed by atoms with Crippen molar-refractivity contribution in [2.75, 3.05) is 17.8 Å². The highest BCUT2D eigenvalue weighted by Crippen LogP contribution is 2.55. The monoisotopic (exact) mass is 582 g/mol. The number of aromatic nitrogens is 3. The summed E-state index contributed by atoms with van der Waals surface area (Å²) in [4.78, 5) is 35.7. The molecular formula is C20H23ClF2N4O8P2. The first-order valence-electron chi connectivity index (χ1n) is 10.8. The summed E-state index contributed by atoms with van der Waals surface area (Å²) in [6.45, 7) is 0.899. The molecule has 37 heavy (non-hydrogen) atoms. The Morgan fingerprint density at radius 3 is 2.62 bits per heavy atom. The Labute approximate surface area is 213 Å². The van der Waals surface area contributed by atoms with Gasteiger partial charge in [-0.2, -0.15) is 4.98 Å². The molecule has 4 rings (SSSR count). The summed E-state index contributed by atoms with van der Waals surface area (Å²) in [6.07, 6.45) is -5.32. The fraction of sp³-hybridized carbons (Fsp3) is 0.400. The van der Waals surface area contributed by atoms with E-state index >= 15 is 4.39 Å². The highest BCUT2D eigenvalue weighted by atomic mass is 35.5. The molecule has 1 aliphatic heterocycles. The second kappa shape index (κ2) is 10.6. The molecular weight excluding hydrogens is 560 g/mol. The van der Waals surface area contributed by atoms with E-state index in [4.69, 9.17) is 26.1 Å². The molecule has 3 heterocycles. The van der Waals surface area contributed by atoms with Crippen molar-refractivity contribution in [2.45, 2.75) is 37.6 Å². The topological polar surface area (TPSA) is 176 Å². The number of anilines is 1. The molecule has 0 saturated carbocycles. The summed E-state index contributed by atoms with van der Waals surface area (Å²) in [7, 11) is -9.61. The van der Waals surface area contributed by atoms with Crippen molar-refractivity contribution in [1.29, 1.82) is 0 Å². The van der Waals surface area contributed by atoms with Crippen molar-refractivity contribution in [2.24, 2.45) is 0 Å². The predicted octanol–water partition coefficient (Wildman–Crippen LogP) is 3.33. The molecule has 1 fully saturated rings. The third-order valence-corrected chi connectivity index (χ3v) is 9.27. The van der Waals surface area contributed by atoms with Gasteiger partial charge in [0.2, 0.25) is 5.28 Å². The van der Waals surface area contributed by atoms with Crippen LogP contribution in [0.3, 0.4) is 0 Å². The maximum Gasteiger partial charge on any atom is 0.340 e. The van der Waals surface area contributed by atoms with E-state index in [0.29, 0.717) is 10.9 Å². The van der Waals surface area contributed by atoms with Crippen molar-refractivity contribution in [1.82, 2.24) is 14.5 Å². The first-order chi connectivity index (χ1) is 17.3. The summed E-state index contributed by atoms with van der Waals surface area (Å²) in [5.41, 5.74) is 0.498. The minimum atomic E-state index is -4.87. The summed E-state index contributed by atoms with van der Waals surface area (Å²) in [5, 5.41) is 13.5. The number of rotatable bonds is 9. The van der Waals surface area contributed by atoms with Crippen LogP contribution in [0.4, 0.5) is 14.6 Å². The molecule has 0 aliphatic carbocycles. The Morgan fingerprint density at radius 2 is 1.95 bits per heavy atom. The van der Waals surface area contributed by atoms with Crippen molar-refractivity contribution in [3.05, 3.63) is 53.2 Å². The maximum absolute atomic E-state index is 15.0. The van der Waals surface area contributed by atoms with Gasteiger partial charge < -0.3 is 38.9 Å². The van der Waals surface area contributed by atoms with Crippen LogP contribution in [0, 0.1) is 5.82 Å². The molecule has 3 aromatic rings. The Bertz CT molecular complexity index is 1390. The number of nitrogens with one attached hydrogen (secondary N) is 1. The molecule has 0 bridgehead atoms. The number of aliphatic hydroxyl groups is 1. The molecule has 1 aromatic carbocycles. The lowest BCUT2D eigenvalue weighted by Gasteiger charge is -2.19. The van der Waals surface area contributed by atoms with Crippen LogP contribution in [0.15, 0.2) is 36.5 Å². The van der Waals surface area contributed by atoms with E-state index in [1.807, 2.05) is 0 Å². The Morgan fingerprint density at radius 1 is 1.24 bits per heavy atom. The standard InChI is InChI=1S/C20H23ClF2N4O8P2/c1-10(11-4-2-3-5-13(11)22)24-17-12-6-7-27(18(12)26-20(21)25-17)19-15(23)16(28)14(35-19)8-34-37(32,33)9-36(29,30)31/h2-7,10,14-16,19,28H,8-9H2,1H3,(H,32,33)(H,24,25,26)(H2,29,30,31)/t10-,14+,15-,16+,19+/m0/s1. The molecule has 1 saturated heterocycles. The van der Waals surface area contributed by atoms with Gasteiger partial charge in [-0.3, -0.25) is 9.13 Å². The van der Waals surface area contributed by atoms with E-state index in [0.717, 1.165) is 0 Å². The minimum Gasteiger partial charge on any atom is -0.387 e. The molecule has 1 aliphatic rings. The molecule has 2 aromatic heterocycles. The van der Waals surface area contributed by atoms with Gasteiger partial charge in [-0.1, -0.05) is 18.2 Å². The van der Waals surface area contributed by atoms with E-state index in [-0.39, 0.29) is 16.7 Å². The van der Waals surface area contributed by atoms with Crippen molar-refractivity contribution in [3.63, 3.8) is 0 Å². The molecule has 1 unspecified atom stereocenters. The predicted molar refractivity (Wildman–Crippen MR) is 128 cm³/mol. The van der Waals surface area contributed by atoms with E-state index < -0.39 is 64.2 Å². The number of fused-ring (bicyclic) bond motifs is 1. The molecule has 0 radical (unpaired) electrons. The number of nitrogens with zero attached hydrogens (tertiary/aromatic N) is 3. The van der Waals surface area contributed by atoms with Gasteiger partial charge in [0, 0.05) is 11.8 Å². The van der Waals surface area contributed by atoms with Crippen LogP contribution in [0.2, 0.25) is 5.28 Å². The Balaban J connectivity index is 1.56. The van der Waals surface area contributed by atoms with Gasteiger partial charge >= 0.3 is 15.2 Å². The van der Waals surface area contributed by atoms with Crippen LogP contribution in [0.5, 0.6) is 0 Å². The second-order valence-corrected chi connectivity index (χ2v) is 12.8. The highest BCUT2D eigenvalue weighted by molar-refractivity contribution is 7.70. The Kier molecular flexibility index (Phi) is 8.06. The molecule has 17 heteroatoms. The van der Waals surface area contributed by atoms with Crippen LogP contribution >= 0.6 is 26.8 Å². The van der Waals surface area contributed by atoms with E-state index in [1.54, 1.807) is 25.1 Å². The van der Waals surface area contributed by atoms with E-state index in [1.165, 1.54) is 22.9 Å². The van der Waals surface area contributed by atoms with Gasteiger partial charge in [0.1, 0.15) is 29.5 Å². The molecule has 6 atom stereocenters. The van der Waals surface area contributed by atoms with Gasteiger partial charge in [-0.25, -0.2) is 13.8 Å². The lowest BCUT2D eigenvalue weighted by molar-refractivity contribution is -0.0423. The van der Waals surface area contributed by atoms with Crippen LogP contribution in [0.25, 0.3) is 11.0 Å². The first-order valence-corrected chi connectivity index (χ1v) is 14.7. The van der Waals surface area contributed by atoms with Gasteiger partial charge in [0.05, 0.1) is 18.0 Å². The van der Waals surface area contributed by atoms with Crippen molar-refractivity contribution < 1.29 is 47.0 Å². The Hall–Kier alpha value is -1.99. The smallest absolute Gasteiger partial charge is 0.340 e. The summed E-state index contributed by atoms with van der Waals surface area (Å²) in [6, 6.07) is 7.18. The lowest BCUT2D eigenvalue weighted by Crippen LogP contribution is -2.31. The largest absolute Gasteiger partial charge is 0.387 e. The molecule has 5 N–H and O–H groups in total. The summed E-state index contributed by atoms with van der Waals surface area (Å²) < 4.78 is 63.6. The number of benzene rings is 1. The number of aliphatic hydroxyl groups excluding tert-OH is 1. The zero-order valence-corrected chi connectivity index (χ0v) is 21.6. The lowest BCUT2D eigenvalue weighted by atomic mass is 10.1. The minimum absolute atomic E-state index is 0.124. The number of alkyl halides is 1. The quantitative estimate of drug-likeness (QED) is 0.185. The van der Waals surface area contributed by atoms with Gasteiger partial charge in [0.15, 0.2) is 18.3 Å². The van der Waals surface area contributed by atoms with Crippen molar-refractivity contribution in [3.8, 4) is 0 Å². The van der Waals surface area contributed by atoms with Gasteiger partial charge in [-0.05, 0) is 30.7 Å². The highest BCUT2D eigenvalue weighted by Gasteiger charge is 2.47. The number of hydrogen-bond acceptors (Lipinski definition) is 8. The average molecular weight is 583 g/mol. The van der Waals surface area contributed by atoms with Gasteiger partial charge in [0.25, 0.3) is 0 Å². The maximum atomic E-state index is 15.0. The summed E-state index contributed by atoms with van der Waals surface area (Å²) in [5.74, 6) is -1.63. The second-order valence-electron chi connectivity index (χ2n) is 8.43. The normalized spacial score (nSPS) is 24.8. The molecule has 202 valence electrons. The third-order valence-electron chi connectivity index (χ3n) is 5.64. The van der Waals surface area contributed by atoms with E-state index in [9.17, 15) is 23.5 Å². The number of halogens is 3. The number of hydrogen-bond donors (Lipinski definition) is 5. The van der Waals surface area contributed by atoms with Crippen LogP contribution in [-0.2, 0) is 18.4 Å². The zero-order chi connectivity index (χ0) is 27.1. The van der Waals surface area contributed by atoms with Crippen LogP contribution < -0.4 is 5.32 Å². The average Bonchev–Trinajstić information content (AvgIpc) is 3.32. The molecule has 0 spiro atoms. The van der Waals surface area contributed by atoms with Crippen molar-refractivity contribution >= 4 is 43.6 Å². The third kappa shape index (κ3) is 6.36. The first kappa shape index (κ1) is 28.0. The SMILES string of the molecule is C[C@H](Nc1nc(Cl)nc2c1ccn2[C@@H]1O[C@H](COP(=O)(O)CP(=O)(O)O)[C@@H](O)[C@@H]1F)c1ccccc1F. The fourth-order valence-electron chi connectivity index (χ4n) is 3.96. The fourth-order valence-corrected chi connectivity index (χ4v) is 6.69. The summed E-state index contributed by atoms with van der Waals surface area (Å²) >= 11 is 6.09.